The zero-order chi connectivity index (χ0) is 15.5. The monoisotopic (exact) mass is 311 g/mol. The molecule has 1 aromatic carbocycles. The highest BCUT2D eigenvalue weighted by Crippen LogP contribution is 2.27. The van der Waals surface area contributed by atoms with Gasteiger partial charge in [-0.25, -0.2) is 17.9 Å². The third kappa shape index (κ3) is 4.04. The Hall–Kier alpha value is -1.40. The molecular formula is C15H21NO4S. The van der Waals surface area contributed by atoms with Gasteiger partial charge in [0.2, 0.25) is 10.0 Å². The molecule has 1 atom stereocenters. The highest BCUT2D eigenvalue weighted by Gasteiger charge is 2.25. The van der Waals surface area contributed by atoms with Crippen molar-refractivity contribution in [3.63, 3.8) is 0 Å². The first kappa shape index (κ1) is 16.0. The van der Waals surface area contributed by atoms with Gasteiger partial charge in [-0.1, -0.05) is 19.3 Å². The molecule has 2 N–H and O–H groups in total. The summed E-state index contributed by atoms with van der Waals surface area (Å²) in [5.74, 6) is -0.686. The maximum absolute atomic E-state index is 12.3. The largest absolute Gasteiger partial charge is 0.478 e. The van der Waals surface area contributed by atoms with Crippen molar-refractivity contribution in [2.75, 3.05) is 0 Å². The first-order valence-corrected chi connectivity index (χ1v) is 8.74. The van der Waals surface area contributed by atoms with Crippen LogP contribution in [-0.2, 0) is 10.0 Å². The van der Waals surface area contributed by atoms with E-state index in [1.165, 1.54) is 30.7 Å². The van der Waals surface area contributed by atoms with Gasteiger partial charge in [-0.2, -0.15) is 0 Å². The molecule has 5 nitrogen and oxygen atoms in total. The molecule has 0 bridgehead atoms. The van der Waals surface area contributed by atoms with Crippen molar-refractivity contribution in [3.8, 4) is 0 Å². The highest BCUT2D eigenvalue weighted by molar-refractivity contribution is 7.89. The Labute approximate surface area is 125 Å². The van der Waals surface area contributed by atoms with Crippen LogP contribution in [0.1, 0.15) is 49.4 Å². The lowest BCUT2D eigenvalue weighted by Crippen LogP contribution is -2.38. The van der Waals surface area contributed by atoms with Gasteiger partial charge >= 0.3 is 5.97 Å². The Balaban J connectivity index is 2.08. The molecule has 0 unspecified atom stereocenters. The summed E-state index contributed by atoms with van der Waals surface area (Å²) in [6, 6.07) is 5.18. The van der Waals surface area contributed by atoms with Crippen molar-refractivity contribution in [2.45, 2.75) is 50.0 Å². The van der Waals surface area contributed by atoms with Crippen molar-refractivity contribution in [1.82, 2.24) is 4.72 Å². The predicted molar refractivity (Wildman–Crippen MR) is 79.8 cm³/mol. The Morgan fingerprint density at radius 1 is 1.19 bits per heavy atom. The second-order valence-corrected chi connectivity index (χ2v) is 7.35. The number of rotatable bonds is 5. The molecule has 0 spiro atoms. The minimum absolute atomic E-state index is 0.0780. The summed E-state index contributed by atoms with van der Waals surface area (Å²) in [4.78, 5) is 10.9. The lowest BCUT2D eigenvalue weighted by molar-refractivity contribution is 0.0696. The minimum atomic E-state index is -3.59. The van der Waals surface area contributed by atoms with E-state index < -0.39 is 16.0 Å². The maximum Gasteiger partial charge on any atom is 0.335 e. The number of hydrogen-bond donors (Lipinski definition) is 2. The molecule has 0 aromatic heterocycles. The van der Waals surface area contributed by atoms with Crippen LogP contribution in [0.3, 0.4) is 0 Å². The Morgan fingerprint density at radius 2 is 1.76 bits per heavy atom. The van der Waals surface area contributed by atoms with E-state index in [-0.39, 0.29) is 16.5 Å². The summed E-state index contributed by atoms with van der Waals surface area (Å²) in [5, 5.41) is 8.83. The number of benzene rings is 1. The molecular weight excluding hydrogens is 290 g/mol. The summed E-state index contributed by atoms with van der Waals surface area (Å²) in [6.45, 7) is 1.90. The third-order valence-electron chi connectivity index (χ3n) is 4.11. The first-order valence-electron chi connectivity index (χ1n) is 7.26. The van der Waals surface area contributed by atoms with Crippen LogP contribution < -0.4 is 4.72 Å². The smallest absolute Gasteiger partial charge is 0.335 e. The Morgan fingerprint density at radius 3 is 2.29 bits per heavy atom. The predicted octanol–water partition coefficient (Wildman–Crippen LogP) is 2.63. The van der Waals surface area contributed by atoms with Crippen LogP contribution in [0, 0.1) is 5.92 Å². The van der Waals surface area contributed by atoms with Gasteiger partial charge in [0, 0.05) is 6.04 Å². The van der Waals surface area contributed by atoms with E-state index in [0.717, 1.165) is 25.7 Å². The minimum Gasteiger partial charge on any atom is -0.478 e. The highest BCUT2D eigenvalue weighted by atomic mass is 32.2. The molecule has 0 saturated heterocycles. The number of nitrogens with one attached hydrogen (secondary N) is 1. The molecule has 6 heteroatoms. The van der Waals surface area contributed by atoms with Gasteiger partial charge in [0.05, 0.1) is 10.5 Å². The lowest BCUT2D eigenvalue weighted by atomic mass is 9.85. The lowest BCUT2D eigenvalue weighted by Gasteiger charge is -2.28. The average Bonchev–Trinajstić information content (AvgIpc) is 2.48. The van der Waals surface area contributed by atoms with E-state index in [9.17, 15) is 13.2 Å². The standard InChI is InChI=1S/C15H21NO4S/c1-11(12-5-3-2-4-6-12)16-21(19,20)14-9-7-13(8-10-14)15(17)18/h7-12,16H,2-6H2,1H3,(H,17,18)/t11-/m1/s1. The average molecular weight is 311 g/mol. The Kier molecular flexibility index (Phi) is 5.00. The molecule has 1 aliphatic rings. The number of carbonyl (C=O) groups is 1. The van der Waals surface area contributed by atoms with Gasteiger partial charge in [-0.3, -0.25) is 0 Å². The Bertz CT molecular complexity index is 589. The van der Waals surface area contributed by atoms with E-state index in [4.69, 9.17) is 5.11 Å². The third-order valence-corrected chi connectivity index (χ3v) is 5.68. The van der Waals surface area contributed by atoms with E-state index in [1.807, 2.05) is 6.92 Å². The van der Waals surface area contributed by atoms with Crippen molar-refractivity contribution >= 4 is 16.0 Å². The maximum atomic E-state index is 12.3. The molecule has 116 valence electrons. The first-order chi connectivity index (χ1) is 9.90. The molecule has 2 rings (SSSR count). The normalized spacial score (nSPS) is 18.3. The number of hydrogen-bond acceptors (Lipinski definition) is 3. The van der Waals surface area contributed by atoms with E-state index >= 15 is 0 Å². The zero-order valence-corrected chi connectivity index (χ0v) is 12.9. The molecule has 0 heterocycles. The van der Waals surface area contributed by atoms with Crippen molar-refractivity contribution < 1.29 is 18.3 Å². The second kappa shape index (κ2) is 6.58. The van der Waals surface area contributed by atoms with Gasteiger partial charge in [-0.15, -0.1) is 0 Å². The van der Waals surface area contributed by atoms with Crippen LogP contribution in [0.15, 0.2) is 29.2 Å². The van der Waals surface area contributed by atoms with Gasteiger partial charge in [0.15, 0.2) is 0 Å². The molecule has 1 saturated carbocycles. The van der Waals surface area contributed by atoms with Crippen LogP contribution >= 0.6 is 0 Å². The topological polar surface area (TPSA) is 83.5 Å². The molecule has 21 heavy (non-hydrogen) atoms. The van der Waals surface area contributed by atoms with Gasteiger partial charge < -0.3 is 5.11 Å². The number of carboxylic acid groups (broad SMARTS) is 1. The summed E-state index contributed by atoms with van der Waals surface area (Å²) >= 11 is 0. The van der Waals surface area contributed by atoms with Crippen molar-refractivity contribution in [3.05, 3.63) is 29.8 Å². The fraction of sp³-hybridized carbons (Fsp3) is 0.533. The fourth-order valence-electron chi connectivity index (χ4n) is 2.82. The fourth-order valence-corrected chi connectivity index (χ4v) is 4.13. The van der Waals surface area contributed by atoms with Crippen LogP contribution in [0.4, 0.5) is 0 Å². The van der Waals surface area contributed by atoms with Crippen molar-refractivity contribution in [1.29, 1.82) is 0 Å². The second-order valence-electron chi connectivity index (χ2n) is 5.64. The van der Waals surface area contributed by atoms with Crippen LogP contribution in [0.25, 0.3) is 0 Å². The molecule has 0 amide bonds. The van der Waals surface area contributed by atoms with Crippen LogP contribution in [0.5, 0.6) is 0 Å². The van der Waals surface area contributed by atoms with Gasteiger partial charge in [-0.05, 0) is 49.9 Å². The number of sulfonamides is 1. The van der Waals surface area contributed by atoms with Gasteiger partial charge in [0.1, 0.15) is 0 Å². The molecule has 0 aliphatic heterocycles. The molecule has 0 radical (unpaired) electrons. The zero-order valence-electron chi connectivity index (χ0n) is 12.1. The van der Waals surface area contributed by atoms with Crippen LogP contribution in [-0.4, -0.2) is 25.5 Å². The van der Waals surface area contributed by atoms with E-state index in [2.05, 4.69) is 4.72 Å². The van der Waals surface area contributed by atoms with Crippen molar-refractivity contribution in [2.24, 2.45) is 5.92 Å². The SMILES string of the molecule is C[C@@H](NS(=O)(=O)c1ccc(C(=O)O)cc1)C1CCCCC1. The molecule has 1 fully saturated rings. The summed E-state index contributed by atoms with van der Waals surface area (Å²) in [7, 11) is -3.59. The summed E-state index contributed by atoms with van der Waals surface area (Å²) in [6.07, 6.45) is 5.66. The van der Waals surface area contributed by atoms with Gasteiger partial charge in [0.25, 0.3) is 0 Å². The van der Waals surface area contributed by atoms with E-state index in [1.54, 1.807) is 0 Å². The van der Waals surface area contributed by atoms with Crippen LogP contribution in [0.2, 0.25) is 0 Å². The molecule has 1 aliphatic carbocycles. The van der Waals surface area contributed by atoms with E-state index in [0.29, 0.717) is 5.92 Å². The number of aromatic carboxylic acids is 1. The summed E-state index contributed by atoms with van der Waals surface area (Å²) < 4.78 is 27.3. The summed E-state index contributed by atoms with van der Waals surface area (Å²) in [5.41, 5.74) is 0.0780. The quantitative estimate of drug-likeness (QED) is 0.875. The number of carboxylic acids is 1. The molecule has 1 aromatic rings.